The van der Waals surface area contributed by atoms with E-state index in [1.165, 1.54) is 22.0 Å². The number of hydrogen-bond acceptors (Lipinski definition) is 5. The molecule has 0 N–H and O–H groups in total. The van der Waals surface area contributed by atoms with E-state index in [2.05, 4.69) is 159 Å². The van der Waals surface area contributed by atoms with E-state index in [1.54, 1.807) is 0 Å². The maximum Gasteiger partial charge on any atom is 0.0893 e. The summed E-state index contributed by atoms with van der Waals surface area (Å²) in [6.45, 7) is 0. The minimum Gasteiger partial charge on any atom is -0.332 e. The number of hydrogen-bond donors (Lipinski definition) is 0. The van der Waals surface area contributed by atoms with Crippen LogP contribution in [0.25, 0.3) is 61.4 Å². The zero-order chi connectivity index (χ0) is 33.0. The van der Waals surface area contributed by atoms with Crippen molar-refractivity contribution in [3.8, 4) is 39.6 Å². The molecule has 2 unspecified atom stereocenters. The fraction of sp³-hybridized carbons (Fsp3) is 0.0455. The molecule has 6 heteroatoms. The molecule has 0 amide bonds. The first kappa shape index (κ1) is 28.4. The highest BCUT2D eigenvalue weighted by Gasteiger charge is 2.37. The molecule has 0 saturated carbocycles. The van der Waals surface area contributed by atoms with Crippen LogP contribution in [0.4, 0.5) is 11.4 Å². The van der Waals surface area contributed by atoms with Gasteiger partial charge in [0.1, 0.15) is 0 Å². The normalized spacial score (nSPS) is 16.2. The molecule has 4 aromatic heterocycles. The monoisotopic (exact) mass is 642 g/mol. The minimum absolute atomic E-state index is 0.169. The second-order valence-electron chi connectivity index (χ2n) is 12.7. The van der Waals surface area contributed by atoms with E-state index in [9.17, 15) is 0 Å². The summed E-state index contributed by atoms with van der Waals surface area (Å²) in [6, 6.07) is 49.0. The van der Waals surface area contributed by atoms with E-state index < -0.39 is 0 Å². The number of benzene rings is 4. The Morgan fingerprint density at radius 2 is 1.26 bits per heavy atom. The van der Waals surface area contributed by atoms with Gasteiger partial charge in [-0.1, -0.05) is 78.9 Å². The summed E-state index contributed by atoms with van der Waals surface area (Å²) in [4.78, 5) is 21.5. The highest BCUT2D eigenvalue weighted by Crippen LogP contribution is 2.46. The molecule has 50 heavy (non-hydrogen) atoms. The largest absolute Gasteiger partial charge is 0.332 e. The summed E-state index contributed by atoms with van der Waals surface area (Å²) in [5.41, 5.74) is 12.6. The van der Waals surface area contributed by atoms with Gasteiger partial charge in [0.15, 0.2) is 0 Å². The van der Waals surface area contributed by atoms with Gasteiger partial charge in [-0.25, -0.2) is 9.97 Å². The lowest BCUT2D eigenvalue weighted by molar-refractivity contribution is 0.787. The summed E-state index contributed by atoms with van der Waals surface area (Å²) in [5, 5.41) is 2.40. The first-order valence-electron chi connectivity index (χ1n) is 16.9. The molecular formula is C44H30N6. The maximum atomic E-state index is 5.11. The van der Waals surface area contributed by atoms with Gasteiger partial charge in [0, 0.05) is 63.5 Å². The predicted octanol–water partition coefficient (Wildman–Crippen LogP) is 10.2. The van der Waals surface area contributed by atoms with Gasteiger partial charge >= 0.3 is 0 Å². The van der Waals surface area contributed by atoms with E-state index >= 15 is 0 Å². The standard InChI is InChI=1S/C44H30N6/c1-3-16-41-33(10-1)35-22-24-45-27-43(35)49(41)31-20-18-29(19-21-31)37-12-6-14-39(47-37)40-15-7-13-38(48-40)30-8-5-9-32(26-30)50-42-17-4-2-11-34(42)36-23-25-46-28-44(36)50/h1-28,35,43H. The molecule has 2 aliphatic heterocycles. The van der Waals surface area contributed by atoms with Crippen LogP contribution in [0, 0.1) is 0 Å². The Morgan fingerprint density at radius 1 is 0.540 bits per heavy atom. The predicted molar refractivity (Wildman–Crippen MR) is 203 cm³/mol. The van der Waals surface area contributed by atoms with Gasteiger partial charge in [-0.3, -0.25) is 9.98 Å². The maximum absolute atomic E-state index is 5.11. The highest BCUT2D eigenvalue weighted by molar-refractivity contribution is 6.09. The number of pyridine rings is 3. The van der Waals surface area contributed by atoms with Crippen LogP contribution in [0.15, 0.2) is 169 Å². The molecule has 0 saturated heterocycles. The molecular weight excluding hydrogens is 613 g/mol. The Hall–Kier alpha value is -6.66. The molecule has 0 bridgehead atoms. The SMILES string of the molecule is C1=CC2c3ccccc3N(c3ccc(-c4cccc(-c5cccc(-c6cccc(-n7c8ccccc8c8ccncc87)c6)n5)n4)cc3)C2C=N1. The van der Waals surface area contributed by atoms with Gasteiger partial charge in [0.25, 0.3) is 0 Å². The number of fused-ring (bicyclic) bond motifs is 6. The Bertz CT molecular complexity index is 2580. The molecule has 6 heterocycles. The van der Waals surface area contributed by atoms with Gasteiger partial charge in [0.2, 0.25) is 0 Å². The Morgan fingerprint density at radius 3 is 2.12 bits per heavy atom. The van der Waals surface area contributed by atoms with Crippen molar-refractivity contribution in [1.82, 2.24) is 19.5 Å². The lowest BCUT2D eigenvalue weighted by atomic mass is 9.94. The van der Waals surface area contributed by atoms with Crippen LogP contribution in [0.5, 0.6) is 0 Å². The van der Waals surface area contributed by atoms with Crippen LogP contribution in [-0.2, 0) is 0 Å². The molecule has 0 fully saturated rings. The molecule has 10 rings (SSSR count). The van der Waals surface area contributed by atoms with E-state index in [1.807, 2.05) is 30.7 Å². The number of rotatable bonds is 5. The average Bonchev–Trinajstić information content (AvgIpc) is 3.71. The quantitative estimate of drug-likeness (QED) is 0.187. The third-order valence-electron chi connectivity index (χ3n) is 9.92. The van der Waals surface area contributed by atoms with Crippen molar-refractivity contribution in [1.29, 1.82) is 0 Å². The smallest absolute Gasteiger partial charge is 0.0893 e. The number of aromatic nitrogens is 4. The molecule has 4 aromatic carbocycles. The molecule has 8 aromatic rings. The number of para-hydroxylation sites is 2. The lowest BCUT2D eigenvalue weighted by Gasteiger charge is -2.28. The number of nitrogens with zero attached hydrogens (tertiary/aromatic N) is 6. The molecule has 6 nitrogen and oxygen atoms in total. The average molecular weight is 643 g/mol. The highest BCUT2D eigenvalue weighted by atomic mass is 15.2. The lowest BCUT2D eigenvalue weighted by Crippen LogP contribution is -2.32. The summed E-state index contributed by atoms with van der Waals surface area (Å²) >= 11 is 0. The Balaban J connectivity index is 0.966. The van der Waals surface area contributed by atoms with Crippen molar-refractivity contribution in [2.75, 3.05) is 4.90 Å². The first-order valence-corrected chi connectivity index (χ1v) is 16.9. The molecule has 0 aliphatic carbocycles. The van der Waals surface area contributed by atoms with E-state index in [4.69, 9.17) is 9.97 Å². The molecule has 2 atom stereocenters. The Labute approximate surface area is 289 Å². The summed E-state index contributed by atoms with van der Waals surface area (Å²) in [6.07, 6.45) is 9.97. The van der Waals surface area contributed by atoms with Crippen LogP contribution in [0.1, 0.15) is 11.5 Å². The number of anilines is 2. The van der Waals surface area contributed by atoms with Crippen molar-refractivity contribution >= 4 is 39.4 Å². The van der Waals surface area contributed by atoms with Crippen LogP contribution < -0.4 is 4.90 Å². The fourth-order valence-electron chi connectivity index (χ4n) is 7.63. The van der Waals surface area contributed by atoms with Crippen LogP contribution in [0.3, 0.4) is 0 Å². The number of aliphatic imine (C=N–C) groups is 1. The first-order chi connectivity index (χ1) is 24.8. The van der Waals surface area contributed by atoms with E-state index in [0.29, 0.717) is 5.92 Å². The molecule has 0 spiro atoms. The van der Waals surface area contributed by atoms with Crippen LogP contribution >= 0.6 is 0 Å². The third-order valence-corrected chi connectivity index (χ3v) is 9.92. The van der Waals surface area contributed by atoms with Crippen LogP contribution in [-0.4, -0.2) is 31.8 Å². The zero-order valence-corrected chi connectivity index (χ0v) is 27.0. The van der Waals surface area contributed by atoms with Gasteiger partial charge in [-0.2, -0.15) is 0 Å². The van der Waals surface area contributed by atoms with E-state index in [-0.39, 0.29) is 6.04 Å². The second-order valence-corrected chi connectivity index (χ2v) is 12.7. The molecule has 0 radical (unpaired) electrons. The van der Waals surface area contributed by atoms with Gasteiger partial charge < -0.3 is 9.47 Å². The van der Waals surface area contributed by atoms with Gasteiger partial charge in [-0.05, 0) is 72.3 Å². The van der Waals surface area contributed by atoms with Crippen molar-refractivity contribution < 1.29 is 0 Å². The minimum atomic E-state index is 0.169. The van der Waals surface area contributed by atoms with E-state index in [0.717, 1.165) is 56.3 Å². The Kier molecular flexibility index (Phi) is 6.52. The fourth-order valence-corrected chi connectivity index (χ4v) is 7.63. The molecule has 2 aliphatic rings. The van der Waals surface area contributed by atoms with Gasteiger partial charge in [0.05, 0.1) is 46.0 Å². The zero-order valence-electron chi connectivity index (χ0n) is 27.0. The summed E-state index contributed by atoms with van der Waals surface area (Å²) < 4.78 is 2.28. The topological polar surface area (TPSA) is 59.2 Å². The summed E-state index contributed by atoms with van der Waals surface area (Å²) in [5.74, 6) is 0.304. The second kappa shape index (κ2) is 11.5. The van der Waals surface area contributed by atoms with Crippen molar-refractivity contribution in [3.05, 3.63) is 170 Å². The molecule has 236 valence electrons. The van der Waals surface area contributed by atoms with Crippen LogP contribution in [0.2, 0.25) is 0 Å². The van der Waals surface area contributed by atoms with Crippen molar-refractivity contribution in [3.63, 3.8) is 0 Å². The summed E-state index contributed by atoms with van der Waals surface area (Å²) in [7, 11) is 0. The van der Waals surface area contributed by atoms with Gasteiger partial charge in [-0.15, -0.1) is 0 Å². The van der Waals surface area contributed by atoms with Crippen molar-refractivity contribution in [2.45, 2.75) is 12.0 Å². The van der Waals surface area contributed by atoms with Crippen molar-refractivity contribution in [2.24, 2.45) is 4.99 Å². The third kappa shape index (κ3) is 4.57.